The minimum atomic E-state index is -1.56. The molecule has 0 radical (unpaired) electrons. The van der Waals surface area contributed by atoms with Crippen molar-refractivity contribution >= 4 is 21.7 Å². The van der Waals surface area contributed by atoms with Crippen LogP contribution in [0.1, 0.15) is 0 Å². The summed E-state index contributed by atoms with van der Waals surface area (Å²) in [7, 11) is 0. The SMILES string of the molecule is O=c1oc2cc(O[C@@H]3O[C@H](CO)[C@@H](O)[C@H](O)[C@H]3O)ccc2c2cc3c(cc12)OCO3. The molecule has 3 heterocycles. The van der Waals surface area contributed by atoms with Gasteiger partial charge in [-0.3, -0.25) is 0 Å². The van der Waals surface area contributed by atoms with Crippen LogP contribution >= 0.6 is 0 Å². The molecule has 0 amide bonds. The van der Waals surface area contributed by atoms with E-state index < -0.39 is 42.9 Å². The van der Waals surface area contributed by atoms with Crippen molar-refractivity contribution < 1.29 is 43.8 Å². The van der Waals surface area contributed by atoms with E-state index in [0.717, 1.165) is 0 Å². The quantitative estimate of drug-likeness (QED) is 0.334. The molecule has 30 heavy (non-hydrogen) atoms. The second-order valence-corrected chi connectivity index (χ2v) is 7.11. The number of fused-ring (bicyclic) bond motifs is 4. The fourth-order valence-electron chi connectivity index (χ4n) is 3.67. The first-order valence-corrected chi connectivity index (χ1v) is 9.23. The first kappa shape index (κ1) is 19.1. The van der Waals surface area contributed by atoms with Gasteiger partial charge in [0, 0.05) is 16.8 Å². The topological polar surface area (TPSA) is 148 Å². The summed E-state index contributed by atoms with van der Waals surface area (Å²) in [5, 5.41) is 40.8. The van der Waals surface area contributed by atoms with Crippen LogP contribution in [0.2, 0.25) is 0 Å². The highest BCUT2D eigenvalue weighted by Crippen LogP contribution is 2.38. The Hall–Kier alpha value is -2.89. The Morgan fingerprint density at radius 2 is 1.67 bits per heavy atom. The van der Waals surface area contributed by atoms with E-state index in [1.807, 2.05) is 0 Å². The van der Waals surface area contributed by atoms with E-state index in [1.165, 1.54) is 6.07 Å². The van der Waals surface area contributed by atoms with Crippen molar-refractivity contribution in [1.29, 1.82) is 0 Å². The molecular weight excluding hydrogens is 400 g/mol. The van der Waals surface area contributed by atoms with Crippen LogP contribution in [0.15, 0.2) is 39.5 Å². The van der Waals surface area contributed by atoms with Gasteiger partial charge in [0.2, 0.25) is 13.1 Å². The lowest BCUT2D eigenvalue weighted by Gasteiger charge is -2.39. The molecule has 4 N–H and O–H groups in total. The highest BCUT2D eigenvalue weighted by molar-refractivity contribution is 6.05. The van der Waals surface area contributed by atoms with Crippen molar-refractivity contribution in [2.45, 2.75) is 30.7 Å². The standard InChI is InChI=1S/C20H18O10/c21-6-15-16(22)17(23)18(24)20(30-15)28-8-1-2-9-10-4-13-14(27-7-26-13)5-11(10)19(25)29-12(9)3-8/h1-5,15-18,20-24H,6-7H2/t15-,16-,17+,18-,20-/m1/s1. The highest BCUT2D eigenvalue weighted by Gasteiger charge is 2.44. The summed E-state index contributed by atoms with van der Waals surface area (Å²) >= 11 is 0. The lowest BCUT2D eigenvalue weighted by molar-refractivity contribution is -0.277. The van der Waals surface area contributed by atoms with Gasteiger partial charge in [-0.05, 0) is 24.3 Å². The van der Waals surface area contributed by atoms with Crippen LogP contribution < -0.4 is 19.8 Å². The van der Waals surface area contributed by atoms with E-state index in [1.54, 1.807) is 24.3 Å². The van der Waals surface area contributed by atoms with Crippen LogP contribution in [0.25, 0.3) is 21.7 Å². The highest BCUT2D eigenvalue weighted by atomic mass is 16.7. The fourth-order valence-corrected chi connectivity index (χ4v) is 3.67. The molecule has 2 aliphatic rings. The van der Waals surface area contributed by atoms with Gasteiger partial charge in [-0.1, -0.05) is 0 Å². The monoisotopic (exact) mass is 418 g/mol. The van der Waals surface area contributed by atoms with Crippen molar-refractivity contribution in [3.63, 3.8) is 0 Å². The lowest BCUT2D eigenvalue weighted by atomic mass is 9.99. The Bertz CT molecular complexity index is 1170. The zero-order valence-corrected chi connectivity index (χ0v) is 15.4. The minimum Gasteiger partial charge on any atom is -0.462 e. The number of aliphatic hydroxyl groups is 4. The van der Waals surface area contributed by atoms with Gasteiger partial charge >= 0.3 is 5.63 Å². The van der Waals surface area contributed by atoms with Crippen molar-refractivity contribution in [3.05, 3.63) is 40.8 Å². The molecule has 0 bridgehead atoms. The predicted molar refractivity (Wildman–Crippen MR) is 101 cm³/mol. The van der Waals surface area contributed by atoms with Crippen LogP contribution in [0, 0.1) is 0 Å². The summed E-state index contributed by atoms with van der Waals surface area (Å²) in [5.74, 6) is 1.18. The summed E-state index contributed by atoms with van der Waals surface area (Å²) in [6.45, 7) is -0.495. The molecule has 5 atom stereocenters. The van der Waals surface area contributed by atoms with Crippen molar-refractivity contribution in [3.8, 4) is 17.2 Å². The smallest absolute Gasteiger partial charge is 0.344 e. The van der Waals surface area contributed by atoms with Gasteiger partial charge < -0.3 is 43.8 Å². The van der Waals surface area contributed by atoms with Crippen molar-refractivity contribution in [2.24, 2.45) is 0 Å². The van der Waals surface area contributed by atoms with Gasteiger partial charge in [-0.2, -0.15) is 0 Å². The first-order valence-electron chi connectivity index (χ1n) is 9.23. The maximum atomic E-state index is 12.4. The zero-order chi connectivity index (χ0) is 21.0. The maximum Gasteiger partial charge on any atom is 0.344 e. The molecule has 2 aliphatic heterocycles. The van der Waals surface area contributed by atoms with E-state index in [0.29, 0.717) is 27.7 Å². The Morgan fingerprint density at radius 3 is 2.40 bits per heavy atom. The summed E-state index contributed by atoms with van der Waals surface area (Å²) in [6, 6.07) is 7.97. The molecule has 158 valence electrons. The predicted octanol–water partition coefficient (Wildman–Crippen LogP) is -0.146. The average Bonchev–Trinajstić information content (AvgIpc) is 3.20. The third-order valence-corrected chi connectivity index (χ3v) is 5.28. The normalized spacial score (nSPS) is 28.2. The number of hydrogen-bond donors (Lipinski definition) is 4. The van der Waals surface area contributed by atoms with Crippen LogP contribution in [-0.2, 0) is 4.74 Å². The number of ether oxygens (including phenoxy) is 4. The van der Waals surface area contributed by atoms with Gasteiger partial charge in [0.25, 0.3) is 0 Å². The number of rotatable bonds is 3. The van der Waals surface area contributed by atoms with E-state index in [-0.39, 0.29) is 18.1 Å². The van der Waals surface area contributed by atoms with Crippen LogP contribution in [-0.4, -0.2) is 64.5 Å². The minimum absolute atomic E-state index is 0.0754. The molecule has 0 unspecified atom stereocenters. The number of hydrogen-bond acceptors (Lipinski definition) is 10. The van der Waals surface area contributed by atoms with Gasteiger partial charge in [0.05, 0.1) is 12.0 Å². The molecule has 10 nitrogen and oxygen atoms in total. The third kappa shape index (κ3) is 2.97. The van der Waals surface area contributed by atoms with Crippen LogP contribution in [0.3, 0.4) is 0 Å². The molecule has 3 aromatic rings. The molecule has 0 aliphatic carbocycles. The Balaban J connectivity index is 1.52. The summed E-state index contributed by atoms with van der Waals surface area (Å²) in [5.41, 5.74) is -0.339. The second-order valence-electron chi connectivity index (χ2n) is 7.11. The van der Waals surface area contributed by atoms with Crippen molar-refractivity contribution in [2.75, 3.05) is 13.4 Å². The average molecular weight is 418 g/mol. The van der Waals surface area contributed by atoms with Crippen LogP contribution in [0.5, 0.6) is 17.2 Å². The Kier molecular flexibility index (Phi) is 4.53. The summed E-state index contributed by atoms with van der Waals surface area (Å²) < 4.78 is 27.0. The lowest BCUT2D eigenvalue weighted by Crippen LogP contribution is -2.60. The van der Waals surface area contributed by atoms with Gasteiger partial charge in [-0.15, -0.1) is 0 Å². The van der Waals surface area contributed by atoms with E-state index in [4.69, 9.17) is 23.4 Å². The van der Waals surface area contributed by atoms with Gasteiger partial charge in [-0.25, -0.2) is 4.79 Å². The zero-order valence-electron chi connectivity index (χ0n) is 15.4. The second kappa shape index (κ2) is 7.11. The Labute approximate surface area is 168 Å². The maximum absolute atomic E-state index is 12.4. The molecule has 10 heteroatoms. The fraction of sp³-hybridized carbons (Fsp3) is 0.350. The molecule has 0 spiro atoms. The first-order chi connectivity index (χ1) is 14.5. The number of aliphatic hydroxyl groups excluding tert-OH is 4. The molecule has 1 aromatic heterocycles. The third-order valence-electron chi connectivity index (χ3n) is 5.28. The summed E-state index contributed by atoms with van der Waals surface area (Å²) in [6.07, 6.45) is -7.05. The molecule has 1 fully saturated rings. The largest absolute Gasteiger partial charge is 0.462 e. The Morgan fingerprint density at radius 1 is 0.933 bits per heavy atom. The van der Waals surface area contributed by atoms with Gasteiger partial charge in [0.15, 0.2) is 11.5 Å². The molecule has 1 saturated heterocycles. The van der Waals surface area contributed by atoms with Gasteiger partial charge in [0.1, 0.15) is 35.7 Å². The van der Waals surface area contributed by atoms with E-state index in [2.05, 4.69) is 0 Å². The molecule has 5 rings (SSSR count). The van der Waals surface area contributed by atoms with Crippen molar-refractivity contribution in [1.82, 2.24) is 0 Å². The molecule has 0 saturated carbocycles. The molecular formula is C20H18O10. The van der Waals surface area contributed by atoms with E-state index >= 15 is 0 Å². The van der Waals surface area contributed by atoms with Crippen LogP contribution in [0.4, 0.5) is 0 Å². The summed E-state index contributed by atoms with van der Waals surface area (Å²) in [4.78, 5) is 12.4. The number of benzene rings is 2. The molecule has 2 aromatic carbocycles. The van der Waals surface area contributed by atoms with E-state index in [9.17, 15) is 25.2 Å².